The van der Waals surface area contributed by atoms with Crippen molar-refractivity contribution in [2.75, 3.05) is 18.5 Å². The van der Waals surface area contributed by atoms with Gasteiger partial charge in [0.05, 0.1) is 0 Å². The van der Waals surface area contributed by atoms with Crippen LogP contribution in [0, 0.1) is 6.92 Å². The summed E-state index contributed by atoms with van der Waals surface area (Å²) in [4.78, 5) is 4.14. The Morgan fingerprint density at radius 2 is 2.33 bits per heavy atom. The van der Waals surface area contributed by atoms with Crippen LogP contribution in [0.1, 0.15) is 18.7 Å². The molecular weight excluding hydrogens is 174 g/mol. The van der Waals surface area contributed by atoms with E-state index in [0.29, 0.717) is 0 Å². The summed E-state index contributed by atoms with van der Waals surface area (Å²) in [6.45, 7) is 2.99. The summed E-state index contributed by atoms with van der Waals surface area (Å²) >= 11 is 1.37. The molecule has 68 valence electrons. The van der Waals surface area contributed by atoms with Crippen molar-refractivity contribution in [2.24, 2.45) is 0 Å². The van der Waals surface area contributed by atoms with Crippen LogP contribution in [0.25, 0.3) is 0 Å². The molecule has 0 amide bonds. The van der Waals surface area contributed by atoms with Gasteiger partial charge in [-0.15, -0.1) is 0 Å². The van der Waals surface area contributed by atoms with Crippen molar-refractivity contribution >= 4 is 16.7 Å². The molecule has 0 spiro atoms. The minimum Gasteiger partial charge on any atom is -0.396 e. The van der Waals surface area contributed by atoms with Gasteiger partial charge in [0.2, 0.25) is 5.13 Å². The Kier molecular flexibility index (Phi) is 3.96. The number of hydrogen-bond donors (Lipinski definition) is 2. The van der Waals surface area contributed by atoms with E-state index in [1.54, 1.807) is 0 Å². The minimum absolute atomic E-state index is 0.261. The average molecular weight is 187 g/mol. The Bertz CT molecular complexity index is 226. The first-order valence-corrected chi connectivity index (χ1v) is 4.75. The molecule has 12 heavy (non-hydrogen) atoms. The summed E-state index contributed by atoms with van der Waals surface area (Å²) in [5.74, 6) is 0.810. The molecule has 1 rings (SSSR count). The molecule has 0 aliphatic carbocycles. The summed E-state index contributed by atoms with van der Waals surface area (Å²) < 4.78 is 4.03. The van der Waals surface area contributed by atoms with Gasteiger partial charge in [0, 0.05) is 24.7 Å². The number of aliphatic hydroxyl groups excluding tert-OH is 1. The molecule has 5 heteroatoms. The van der Waals surface area contributed by atoms with Crippen molar-refractivity contribution in [1.82, 2.24) is 9.36 Å². The first-order chi connectivity index (χ1) is 5.83. The van der Waals surface area contributed by atoms with Crippen molar-refractivity contribution in [3.05, 3.63) is 5.82 Å². The van der Waals surface area contributed by atoms with Gasteiger partial charge in [-0.1, -0.05) is 0 Å². The maximum absolute atomic E-state index is 8.51. The molecule has 0 radical (unpaired) electrons. The van der Waals surface area contributed by atoms with E-state index in [0.717, 1.165) is 30.3 Å². The van der Waals surface area contributed by atoms with Gasteiger partial charge < -0.3 is 10.4 Å². The Morgan fingerprint density at radius 1 is 1.50 bits per heavy atom. The van der Waals surface area contributed by atoms with E-state index < -0.39 is 0 Å². The smallest absolute Gasteiger partial charge is 0.202 e. The van der Waals surface area contributed by atoms with Crippen LogP contribution in [0.3, 0.4) is 0 Å². The largest absolute Gasteiger partial charge is 0.396 e. The van der Waals surface area contributed by atoms with E-state index in [1.807, 2.05) is 6.92 Å². The highest BCUT2D eigenvalue weighted by Gasteiger charge is 1.97. The highest BCUT2D eigenvalue weighted by molar-refractivity contribution is 7.09. The first-order valence-electron chi connectivity index (χ1n) is 3.98. The lowest BCUT2D eigenvalue weighted by Crippen LogP contribution is -2.01. The highest BCUT2D eigenvalue weighted by atomic mass is 32.1. The van der Waals surface area contributed by atoms with Crippen molar-refractivity contribution in [3.63, 3.8) is 0 Å². The third-order valence-corrected chi connectivity index (χ3v) is 2.15. The summed E-state index contributed by atoms with van der Waals surface area (Å²) in [6.07, 6.45) is 1.81. The van der Waals surface area contributed by atoms with Gasteiger partial charge in [0.15, 0.2) is 0 Å². The molecule has 0 fully saturated rings. The molecule has 1 heterocycles. The molecule has 4 nitrogen and oxygen atoms in total. The minimum atomic E-state index is 0.261. The quantitative estimate of drug-likeness (QED) is 0.676. The standard InChI is InChI=1S/C7H13N3OS/c1-6-9-7(12-10-6)8-4-2-3-5-11/h11H,2-5H2,1H3,(H,8,9,10). The second-order valence-electron chi connectivity index (χ2n) is 2.50. The maximum atomic E-state index is 8.51. The van der Waals surface area contributed by atoms with Gasteiger partial charge in [-0.25, -0.2) is 4.98 Å². The monoisotopic (exact) mass is 187 g/mol. The second kappa shape index (κ2) is 5.05. The zero-order valence-corrected chi connectivity index (χ0v) is 7.89. The van der Waals surface area contributed by atoms with Crippen molar-refractivity contribution in [1.29, 1.82) is 0 Å². The van der Waals surface area contributed by atoms with Gasteiger partial charge >= 0.3 is 0 Å². The van der Waals surface area contributed by atoms with Gasteiger partial charge in [0.25, 0.3) is 0 Å². The summed E-state index contributed by atoms with van der Waals surface area (Å²) in [7, 11) is 0. The molecule has 0 aliphatic heterocycles. The van der Waals surface area contributed by atoms with Gasteiger partial charge in [-0.05, 0) is 19.8 Å². The number of aliphatic hydroxyl groups is 1. The molecule has 0 atom stereocenters. The molecule has 0 saturated carbocycles. The van der Waals surface area contributed by atoms with Gasteiger partial charge in [0.1, 0.15) is 5.82 Å². The lowest BCUT2D eigenvalue weighted by molar-refractivity contribution is 0.286. The average Bonchev–Trinajstić information content (AvgIpc) is 2.45. The second-order valence-corrected chi connectivity index (χ2v) is 3.26. The van der Waals surface area contributed by atoms with E-state index in [2.05, 4.69) is 14.7 Å². The highest BCUT2D eigenvalue weighted by Crippen LogP contribution is 2.09. The number of nitrogens with one attached hydrogen (secondary N) is 1. The lowest BCUT2D eigenvalue weighted by atomic mass is 10.3. The van der Waals surface area contributed by atoms with E-state index in [9.17, 15) is 0 Å². The molecular formula is C7H13N3OS. The van der Waals surface area contributed by atoms with Gasteiger partial charge in [-0.2, -0.15) is 4.37 Å². The molecule has 1 aromatic rings. The fourth-order valence-electron chi connectivity index (χ4n) is 0.801. The molecule has 2 N–H and O–H groups in total. The fraction of sp³-hybridized carbons (Fsp3) is 0.714. The molecule has 0 saturated heterocycles. The molecule has 0 aromatic carbocycles. The van der Waals surface area contributed by atoms with Crippen LogP contribution >= 0.6 is 11.5 Å². The Balaban J connectivity index is 2.15. The van der Waals surface area contributed by atoms with Crippen molar-refractivity contribution in [3.8, 4) is 0 Å². The van der Waals surface area contributed by atoms with Crippen LogP contribution in [0.4, 0.5) is 5.13 Å². The number of hydrogen-bond acceptors (Lipinski definition) is 5. The molecule has 0 bridgehead atoms. The summed E-state index contributed by atoms with van der Waals surface area (Å²) in [5, 5.41) is 12.5. The fourth-order valence-corrected chi connectivity index (χ4v) is 1.40. The SMILES string of the molecule is Cc1nsc(NCCCCO)n1. The lowest BCUT2D eigenvalue weighted by Gasteiger charge is -1.98. The molecule has 1 aromatic heterocycles. The zero-order chi connectivity index (χ0) is 8.81. The molecule has 0 aliphatic rings. The number of anilines is 1. The normalized spacial score (nSPS) is 10.2. The number of nitrogens with zero attached hydrogens (tertiary/aromatic N) is 2. The van der Waals surface area contributed by atoms with Crippen molar-refractivity contribution in [2.45, 2.75) is 19.8 Å². The summed E-state index contributed by atoms with van der Waals surface area (Å²) in [6, 6.07) is 0. The number of rotatable bonds is 5. The van der Waals surface area contributed by atoms with Crippen molar-refractivity contribution < 1.29 is 5.11 Å². The summed E-state index contributed by atoms with van der Waals surface area (Å²) in [5.41, 5.74) is 0. The topological polar surface area (TPSA) is 58.0 Å². The third-order valence-electron chi connectivity index (χ3n) is 1.39. The van der Waals surface area contributed by atoms with E-state index in [4.69, 9.17) is 5.11 Å². The first kappa shape index (κ1) is 9.41. The van der Waals surface area contributed by atoms with Crippen LogP contribution in [0.15, 0.2) is 0 Å². The van der Waals surface area contributed by atoms with Crippen LogP contribution < -0.4 is 5.32 Å². The maximum Gasteiger partial charge on any atom is 0.202 e. The number of unbranched alkanes of at least 4 members (excludes halogenated alkanes) is 1. The van der Waals surface area contributed by atoms with Crippen LogP contribution in [-0.2, 0) is 0 Å². The number of aryl methyl sites for hydroxylation is 1. The van der Waals surface area contributed by atoms with Crippen LogP contribution in [-0.4, -0.2) is 27.6 Å². The van der Waals surface area contributed by atoms with E-state index in [-0.39, 0.29) is 6.61 Å². The molecule has 0 unspecified atom stereocenters. The predicted molar refractivity (Wildman–Crippen MR) is 49.5 cm³/mol. The Morgan fingerprint density at radius 3 is 2.92 bits per heavy atom. The number of aromatic nitrogens is 2. The van der Waals surface area contributed by atoms with Crippen LogP contribution in [0.5, 0.6) is 0 Å². The Hall–Kier alpha value is -0.680. The predicted octanol–water partition coefficient (Wildman–Crippen LogP) is 1.03. The van der Waals surface area contributed by atoms with E-state index >= 15 is 0 Å². The Labute approximate surface area is 75.8 Å². The van der Waals surface area contributed by atoms with E-state index in [1.165, 1.54) is 11.5 Å². The van der Waals surface area contributed by atoms with Crippen LogP contribution in [0.2, 0.25) is 0 Å². The van der Waals surface area contributed by atoms with Gasteiger partial charge in [-0.3, -0.25) is 0 Å². The third kappa shape index (κ3) is 3.15. The zero-order valence-electron chi connectivity index (χ0n) is 7.08.